The van der Waals surface area contributed by atoms with Gasteiger partial charge >= 0.3 is 23.4 Å². The third-order valence-corrected chi connectivity index (χ3v) is 1.00. The lowest BCUT2D eigenvalue weighted by Crippen LogP contribution is -1.84. The van der Waals surface area contributed by atoms with Crippen molar-refractivity contribution in [1.29, 1.82) is 0 Å². The van der Waals surface area contributed by atoms with E-state index >= 15 is 0 Å². The number of hydrogen-bond acceptors (Lipinski definition) is 3. The van der Waals surface area contributed by atoms with Crippen molar-refractivity contribution in [3.05, 3.63) is 12.0 Å². The molecule has 0 aromatic heterocycles. The first-order valence-corrected chi connectivity index (χ1v) is 2.54. The van der Waals surface area contributed by atoms with E-state index in [4.69, 9.17) is 0 Å². The highest BCUT2D eigenvalue weighted by Gasteiger charge is 2.24. The predicted octanol–water partition coefficient (Wildman–Crippen LogP) is 0.677. The van der Waals surface area contributed by atoms with Crippen LogP contribution in [-0.4, -0.2) is 4.21 Å². The second-order valence-corrected chi connectivity index (χ2v) is 1.66. The average molecular weight is 142 g/mol. The van der Waals surface area contributed by atoms with Gasteiger partial charge in [-0.05, 0) is 0 Å². The third kappa shape index (κ3) is 0.786. The molecule has 1 heterocycles. The van der Waals surface area contributed by atoms with Crippen LogP contribution in [0.1, 0.15) is 0 Å². The molecule has 0 unspecified atom stereocenters. The summed E-state index contributed by atoms with van der Waals surface area (Å²) in [5.74, 6) is 0. The van der Waals surface area contributed by atoms with Crippen LogP contribution in [0.25, 0.3) is 0 Å². The van der Waals surface area contributed by atoms with Crippen LogP contribution in [-0.2, 0) is 19.7 Å². The van der Waals surface area contributed by atoms with Gasteiger partial charge in [0.15, 0.2) is 0 Å². The molecule has 0 bridgehead atoms. The maximum absolute atomic E-state index is 11.5. The van der Waals surface area contributed by atoms with Crippen LogP contribution < -0.4 is 0 Å². The molecule has 0 spiro atoms. The molecular formula is C2F2O3S. The van der Waals surface area contributed by atoms with Crippen molar-refractivity contribution in [3.63, 3.8) is 0 Å². The number of hydrogen-bond donors (Lipinski definition) is 0. The Morgan fingerprint density at radius 3 is 1.75 bits per heavy atom. The highest BCUT2D eigenvalue weighted by atomic mass is 32.2. The Bertz CT molecular complexity index is 149. The van der Waals surface area contributed by atoms with Crippen LogP contribution in [0.3, 0.4) is 0 Å². The van der Waals surface area contributed by atoms with Crippen molar-refractivity contribution in [2.75, 3.05) is 0 Å². The smallest absolute Gasteiger partial charge is 0.334 e. The zero-order chi connectivity index (χ0) is 6.15. The van der Waals surface area contributed by atoms with Gasteiger partial charge in [-0.15, -0.1) is 0 Å². The lowest BCUT2D eigenvalue weighted by atomic mass is 11.0. The first kappa shape index (κ1) is 5.49. The van der Waals surface area contributed by atoms with Crippen molar-refractivity contribution < 1.29 is 21.4 Å². The summed E-state index contributed by atoms with van der Waals surface area (Å²) < 4.78 is 40.0. The van der Waals surface area contributed by atoms with Crippen LogP contribution in [0.5, 0.6) is 0 Å². The number of rotatable bonds is 0. The third-order valence-electron chi connectivity index (χ3n) is 0.437. The first-order valence-electron chi connectivity index (χ1n) is 1.54. The molecule has 0 aromatic rings. The minimum absolute atomic E-state index is 1.57. The lowest BCUT2D eigenvalue weighted by Gasteiger charge is -1.81. The van der Waals surface area contributed by atoms with Gasteiger partial charge in [0.05, 0.1) is 0 Å². The molecule has 8 heavy (non-hydrogen) atoms. The van der Waals surface area contributed by atoms with Crippen molar-refractivity contribution >= 4 is 11.4 Å². The van der Waals surface area contributed by atoms with Gasteiger partial charge in [-0.2, -0.15) is 13.0 Å². The van der Waals surface area contributed by atoms with E-state index in [1.807, 2.05) is 0 Å². The van der Waals surface area contributed by atoms with E-state index in [-0.39, 0.29) is 0 Å². The fraction of sp³-hybridized carbons (Fsp3) is 0. The van der Waals surface area contributed by atoms with E-state index in [1.54, 1.807) is 0 Å². The summed E-state index contributed by atoms with van der Waals surface area (Å²) in [6.07, 6.45) is 0. The van der Waals surface area contributed by atoms with Gasteiger partial charge in [0.2, 0.25) is 0 Å². The number of halogens is 2. The summed E-state index contributed by atoms with van der Waals surface area (Å²) in [7, 11) is 0. The van der Waals surface area contributed by atoms with Crippen LogP contribution in [0, 0.1) is 0 Å². The molecule has 0 N–H and O–H groups in total. The highest BCUT2D eigenvalue weighted by Crippen LogP contribution is 2.21. The second-order valence-electron chi connectivity index (χ2n) is 0.918. The molecule has 0 aromatic carbocycles. The molecule has 0 fully saturated rings. The molecule has 6 heteroatoms. The summed E-state index contributed by atoms with van der Waals surface area (Å²) in [6.45, 7) is 0. The summed E-state index contributed by atoms with van der Waals surface area (Å²) in [6, 6.07) is -3.13. The molecule has 0 radical (unpaired) electrons. The molecule has 0 saturated carbocycles. The molecule has 1 rings (SSSR count). The monoisotopic (exact) mass is 142 g/mol. The van der Waals surface area contributed by atoms with E-state index in [0.717, 1.165) is 0 Å². The van der Waals surface area contributed by atoms with E-state index in [2.05, 4.69) is 8.37 Å². The quantitative estimate of drug-likeness (QED) is 0.498. The summed E-state index contributed by atoms with van der Waals surface area (Å²) >= 11 is -2.31. The van der Waals surface area contributed by atoms with Gasteiger partial charge in [-0.25, -0.2) is 0 Å². The highest BCUT2D eigenvalue weighted by molar-refractivity contribution is 7.75. The van der Waals surface area contributed by atoms with Crippen LogP contribution in [0.2, 0.25) is 0 Å². The predicted molar refractivity (Wildman–Crippen MR) is 19.6 cm³/mol. The van der Waals surface area contributed by atoms with Crippen LogP contribution >= 0.6 is 0 Å². The van der Waals surface area contributed by atoms with Gasteiger partial charge in [0, 0.05) is 0 Å². The zero-order valence-electron chi connectivity index (χ0n) is 3.39. The lowest BCUT2D eigenvalue weighted by molar-refractivity contribution is 0.299. The van der Waals surface area contributed by atoms with Crippen molar-refractivity contribution in [1.82, 2.24) is 0 Å². The minimum Gasteiger partial charge on any atom is -0.334 e. The largest absolute Gasteiger partial charge is 0.422 e. The van der Waals surface area contributed by atoms with Gasteiger partial charge in [0.1, 0.15) is 0 Å². The molecular weight excluding hydrogens is 142 g/mol. The molecule has 0 amide bonds. The molecule has 0 aliphatic carbocycles. The van der Waals surface area contributed by atoms with Crippen molar-refractivity contribution in [2.45, 2.75) is 0 Å². The fourth-order valence-electron chi connectivity index (χ4n) is 0.202. The van der Waals surface area contributed by atoms with Crippen LogP contribution in [0.4, 0.5) is 8.78 Å². The summed E-state index contributed by atoms with van der Waals surface area (Å²) in [5.41, 5.74) is 0. The molecule has 3 nitrogen and oxygen atoms in total. The zero-order valence-corrected chi connectivity index (χ0v) is 4.21. The van der Waals surface area contributed by atoms with E-state index in [0.29, 0.717) is 0 Å². The van der Waals surface area contributed by atoms with E-state index in [1.165, 1.54) is 0 Å². The van der Waals surface area contributed by atoms with E-state index < -0.39 is 23.4 Å². The fourth-order valence-corrected chi connectivity index (χ4v) is 0.606. The summed E-state index contributed by atoms with van der Waals surface area (Å²) in [4.78, 5) is 0. The summed E-state index contributed by atoms with van der Waals surface area (Å²) in [5, 5.41) is 0. The van der Waals surface area contributed by atoms with Gasteiger partial charge < -0.3 is 8.37 Å². The first-order chi connectivity index (χ1) is 3.70. The molecule has 46 valence electrons. The van der Waals surface area contributed by atoms with Crippen molar-refractivity contribution in [2.24, 2.45) is 0 Å². The van der Waals surface area contributed by atoms with Gasteiger partial charge in [-0.3, -0.25) is 0 Å². The normalized spacial score (nSPS) is 20.8. The molecule has 0 saturated heterocycles. The van der Waals surface area contributed by atoms with Gasteiger partial charge in [0.25, 0.3) is 0 Å². The van der Waals surface area contributed by atoms with Crippen molar-refractivity contribution in [3.8, 4) is 0 Å². The molecule has 1 aliphatic rings. The molecule has 0 atom stereocenters. The molecule has 1 aliphatic heterocycles. The second kappa shape index (κ2) is 1.70. The Kier molecular flexibility index (Phi) is 1.16. The standard InChI is InChI=1S/C2F2O3S/c3-1-2(4)7-8(5)6-1. The Balaban J connectivity index is 2.73. The maximum Gasteiger partial charge on any atom is 0.422 e. The van der Waals surface area contributed by atoms with Gasteiger partial charge in [-0.1, -0.05) is 0 Å². The maximum atomic E-state index is 11.5. The minimum atomic E-state index is -2.31. The Morgan fingerprint density at radius 2 is 1.62 bits per heavy atom. The SMILES string of the molecule is O=S1OC(F)=C(F)O1. The Morgan fingerprint density at radius 1 is 1.25 bits per heavy atom. The Labute approximate surface area is 45.8 Å². The topological polar surface area (TPSA) is 35.5 Å². The average Bonchev–Trinajstić information content (AvgIpc) is 1.85. The van der Waals surface area contributed by atoms with Crippen LogP contribution in [0.15, 0.2) is 12.0 Å². The van der Waals surface area contributed by atoms with E-state index in [9.17, 15) is 13.0 Å². The Hall–Kier alpha value is -0.650.